The maximum Gasteiger partial charge on any atom is 0.416 e. The number of alkyl halides is 3. The first kappa shape index (κ1) is 21.7. The summed E-state index contributed by atoms with van der Waals surface area (Å²) < 4.78 is 65.8. The molecule has 0 fully saturated rings. The van der Waals surface area contributed by atoms with Crippen LogP contribution < -0.4 is 10.0 Å². The minimum absolute atomic E-state index is 0.0527. The summed E-state index contributed by atoms with van der Waals surface area (Å²) in [6, 6.07) is 15.3. The SMILES string of the molecule is O=C(Nc1ccc(Cl)cc1)c1cccc(S(=O)(=O)Nc2cccc(C(F)(F)F)c2)c1. The predicted octanol–water partition coefficient (Wildman–Crippen LogP) is 5.41. The van der Waals surface area contributed by atoms with E-state index in [1.807, 2.05) is 0 Å². The van der Waals surface area contributed by atoms with Gasteiger partial charge in [0, 0.05) is 22.0 Å². The third-order valence-electron chi connectivity index (χ3n) is 3.95. The van der Waals surface area contributed by atoms with Gasteiger partial charge < -0.3 is 5.32 Å². The van der Waals surface area contributed by atoms with Gasteiger partial charge in [-0.1, -0.05) is 23.7 Å². The van der Waals surface area contributed by atoms with E-state index in [4.69, 9.17) is 11.6 Å². The third-order valence-corrected chi connectivity index (χ3v) is 5.58. The van der Waals surface area contributed by atoms with Crippen LogP contribution in [0.25, 0.3) is 0 Å². The highest BCUT2D eigenvalue weighted by atomic mass is 35.5. The Bertz CT molecular complexity index is 1180. The smallest absolute Gasteiger partial charge is 0.322 e. The molecule has 156 valence electrons. The summed E-state index contributed by atoms with van der Waals surface area (Å²) in [6.07, 6.45) is -4.61. The molecule has 2 N–H and O–H groups in total. The van der Waals surface area contributed by atoms with Gasteiger partial charge in [-0.2, -0.15) is 13.2 Å². The van der Waals surface area contributed by atoms with Crippen molar-refractivity contribution in [2.24, 2.45) is 0 Å². The van der Waals surface area contributed by atoms with Gasteiger partial charge in [0.1, 0.15) is 0 Å². The van der Waals surface area contributed by atoms with Crippen molar-refractivity contribution in [1.82, 2.24) is 0 Å². The minimum atomic E-state index is -4.61. The summed E-state index contributed by atoms with van der Waals surface area (Å²) in [5.41, 5.74) is -0.726. The number of rotatable bonds is 5. The molecule has 0 aliphatic carbocycles. The maximum atomic E-state index is 12.8. The van der Waals surface area contributed by atoms with E-state index in [0.29, 0.717) is 16.8 Å². The van der Waals surface area contributed by atoms with Crippen LogP contribution in [0.1, 0.15) is 15.9 Å². The first-order chi connectivity index (χ1) is 14.0. The minimum Gasteiger partial charge on any atom is -0.322 e. The number of anilines is 2. The third kappa shape index (κ3) is 5.31. The summed E-state index contributed by atoms with van der Waals surface area (Å²) in [4.78, 5) is 12.1. The van der Waals surface area contributed by atoms with Crippen molar-refractivity contribution in [3.05, 3.63) is 88.9 Å². The Morgan fingerprint density at radius 3 is 2.20 bits per heavy atom. The fraction of sp³-hybridized carbons (Fsp3) is 0.0500. The number of hydrogen-bond donors (Lipinski definition) is 2. The molecule has 0 radical (unpaired) electrons. The number of nitrogens with one attached hydrogen (secondary N) is 2. The van der Waals surface area contributed by atoms with E-state index in [9.17, 15) is 26.4 Å². The first-order valence-corrected chi connectivity index (χ1v) is 10.3. The lowest BCUT2D eigenvalue weighted by Crippen LogP contribution is -2.16. The predicted molar refractivity (Wildman–Crippen MR) is 108 cm³/mol. The molecule has 0 aliphatic rings. The number of sulfonamides is 1. The Kier molecular flexibility index (Phi) is 6.04. The number of carbonyl (C=O) groups is 1. The van der Waals surface area contributed by atoms with Crippen LogP contribution in [-0.2, 0) is 16.2 Å². The fourth-order valence-electron chi connectivity index (χ4n) is 2.51. The summed E-state index contributed by atoms with van der Waals surface area (Å²) >= 11 is 5.79. The van der Waals surface area contributed by atoms with E-state index in [2.05, 4.69) is 10.0 Å². The molecule has 3 aromatic rings. The van der Waals surface area contributed by atoms with Gasteiger partial charge in [0.15, 0.2) is 0 Å². The van der Waals surface area contributed by atoms with Gasteiger partial charge in [0.05, 0.1) is 10.5 Å². The second-order valence-electron chi connectivity index (χ2n) is 6.17. The van der Waals surface area contributed by atoms with Crippen molar-refractivity contribution in [3.8, 4) is 0 Å². The Labute approximate surface area is 175 Å². The van der Waals surface area contributed by atoms with Crippen LogP contribution in [0.5, 0.6) is 0 Å². The lowest BCUT2D eigenvalue weighted by Gasteiger charge is -2.12. The molecule has 3 rings (SSSR count). The number of carbonyl (C=O) groups excluding carboxylic acids is 1. The zero-order valence-corrected chi connectivity index (χ0v) is 16.6. The molecule has 0 saturated heterocycles. The molecule has 10 heteroatoms. The van der Waals surface area contributed by atoms with Gasteiger partial charge in [0.2, 0.25) is 0 Å². The average Bonchev–Trinajstić information content (AvgIpc) is 2.69. The zero-order valence-electron chi connectivity index (χ0n) is 15.1. The first-order valence-electron chi connectivity index (χ1n) is 8.42. The maximum absolute atomic E-state index is 12.8. The topological polar surface area (TPSA) is 75.3 Å². The summed E-state index contributed by atoms with van der Waals surface area (Å²) in [6.45, 7) is 0. The van der Waals surface area contributed by atoms with Crippen molar-refractivity contribution < 1.29 is 26.4 Å². The molecule has 0 saturated carbocycles. The molecular weight excluding hydrogens is 441 g/mol. The molecule has 0 spiro atoms. The van der Waals surface area contributed by atoms with Crippen molar-refractivity contribution in [2.75, 3.05) is 10.0 Å². The van der Waals surface area contributed by atoms with Crippen LogP contribution >= 0.6 is 11.6 Å². The lowest BCUT2D eigenvalue weighted by molar-refractivity contribution is -0.137. The van der Waals surface area contributed by atoms with Crippen molar-refractivity contribution in [3.63, 3.8) is 0 Å². The van der Waals surface area contributed by atoms with E-state index >= 15 is 0 Å². The van der Waals surface area contributed by atoms with Crippen molar-refractivity contribution >= 4 is 38.9 Å². The molecule has 0 heterocycles. The second-order valence-corrected chi connectivity index (χ2v) is 8.29. The van der Waals surface area contributed by atoms with Gasteiger partial charge in [-0.05, 0) is 60.7 Å². The van der Waals surface area contributed by atoms with Crippen molar-refractivity contribution in [1.29, 1.82) is 0 Å². The van der Waals surface area contributed by atoms with Crippen molar-refractivity contribution in [2.45, 2.75) is 11.1 Å². The summed E-state index contributed by atoms with van der Waals surface area (Å²) in [5, 5.41) is 3.09. The van der Waals surface area contributed by atoms with E-state index in [1.54, 1.807) is 24.3 Å². The van der Waals surface area contributed by atoms with Crippen LogP contribution in [0.3, 0.4) is 0 Å². The van der Waals surface area contributed by atoms with Gasteiger partial charge in [-0.3, -0.25) is 9.52 Å². The largest absolute Gasteiger partial charge is 0.416 e. The summed E-state index contributed by atoms with van der Waals surface area (Å²) in [7, 11) is -4.22. The van der Waals surface area contributed by atoms with Gasteiger partial charge in [-0.15, -0.1) is 0 Å². The molecule has 5 nitrogen and oxygen atoms in total. The molecule has 0 bridgehead atoms. The van der Waals surface area contributed by atoms with Crippen LogP contribution in [0.15, 0.2) is 77.7 Å². The Morgan fingerprint density at radius 1 is 0.867 bits per heavy atom. The van der Waals surface area contributed by atoms with E-state index in [-0.39, 0.29) is 16.1 Å². The lowest BCUT2D eigenvalue weighted by atomic mass is 10.2. The molecular formula is C20H14ClF3N2O3S. The molecule has 3 aromatic carbocycles. The highest BCUT2D eigenvalue weighted by Gasteiger charge is 2.30. The van der Waals surface area contributed by atoms with Crippen LogP contribution in [0.2, 0.25) is 5.02 Å². The number of halogens is 4. The molecule has 0 aliphatic heterocycles. The monoisotopic (exact) mass is 454 g/mol. The zero-order chi connectivity index (χ0) is 21.9. The molecule has 0 atom stereocenters. The van der Waals surface area contributed by atoms with E-state index in [0.717, 1.165) is 18.2 Å². The van der Waals surface area contributed by atoms with Crippen LogP contribution in [0.4, 0.5) is 24.5 Å². The average molecular weight is 455 g/mol. The van der Waals surface area contributed by atoms with Gasteiger partial charge >= 0.3 is 6.18 Å². The number of benzene rings is 3. The molecule has 0 unspecified atom stereocenters. The van der Waals surface area contributed by atoms with Crippen LogP contribution in [0, 0.1) is 0 Å². The fourth-order valence-corrected chi connectivity index (χ4v) is 3.74. The highest BCUT2D eigenvalue weighted by Crippen LogP contribution is 2.31. The van der Waals surface area contributed by atoms with Gasteiger partial charge in [-0.25, -0.2) is 8.42 Å². The molecule has 30 heavy (non-hydrogen) atoms. The normalized spacial score (nSPS) is 11.7. The Morgan fingerprint density at radius 2 is 1.53 bits per heavy atom. The van der Waals surface area contributed by atoms with Gasteiger partial charge in [0.25, 0.3) is 15.9 Å². The van der Waals surface area contributed by atoms with E-state index < -0.39 is 27.7 Å². The quantitative estimate of drug-likeness (QED) is 0.541. The van der Waals surface area contributed by atoms with Crippen LogP contribution in [-0.4, -0.2) is 14.3 Å². The summed E-state index contributed by atoms with van der Waals surface area (Å²) in [5.74, 6) is -0.562. The second kappa shape index (κ2) is 8.37. The standard InChI is InChI=1S/C20H14ClF3N2O3S/c21-15-7-9-16(10-8-15)25-19(27)13-3-1-6-18(11-13)30(28,29)26-17-5-2-4-14(12-17)20(22,23)24/h1-12,26H,(H,25,27). The number of amides is 1. The molecule has 1 amide bonds. The Hall–Kier alpha value is -3.04. The number of hydrogen-bond acceptors (Lipinski definition) is 3. The molecule has 0 aromatic heterocycles. The Balaban J connectivity index is 1.82. The van der Waals surface area contributed by atoms with E-state index in [1.165, 1.54) is 24.3 Å². The highest BCUT2D eigenvalue weighted by molar-refractivity contribution is 7.92.